The van der Waals surface area contributed by atoms with Crippen LogP contribution in [0.1, 0.15) is 20.8 Å². The fourth-order valence-corrected chi connectivity index (χ4v) is 0.569. The predicted molar refractivity (Wildman–Crippen MR) is 43.4 cm³/mol. The molecule has 84 valence electrons. The molecule has 0 rings (SSSR count). The molecule has 0 radical (unpaired) electrons. The minimum absolute atomic E-state index is 0.0903. The van der Waals surface area contributed by atoms with Crippen LogP contribution in [-0.4, -0.2) is 24.3 Å². The molecule has 1 atom stereocenters. The van der Waals surface area contributed by atoms with Gasteiger partial charge < -0.3 is 5.32 Å². The average Bonchev–Trinajstić information content (AvgIpc) is 2.03. The number of carbonyl (C=O) groups is 1. The first kappa shape index (κ1) is 13.2. The number of amides is 1. The molecule has 0 aromatic heterocycles. The lowest BCUT2D eigenvalue weighted by molar-refractivity contribution is -0.170. The number of nitrogens with one attached hydrogen (secondary N) is 1. The van der Waals surface area contributed by atoms with Gasteiger partial charge in [0, 0.05) is 6.04 Å². The molecular weight excluding hydrogens is 202 g/mol. The second-order valence-corrected chi connectivity index (χ2v) is 3.43. The van der Waals surface area contributed by atoms with Crippen LogP contribution in [0.25, 0.3) is 0 Å². The summed E-state index contributed by atoms with van der Waals surface area (Å²) in [7, 11) is 0. The highest BCUT2D eigenvalue weighted by molar-refractivity contribution is 5.84. The van der Waals surface area contributed by atoms with E-state index in [-0.39, 0.29) is 5.92 Å². The highest BCUT2D eigenvalue weighted by atomic mass is 19.3. The molecule has 0 aromatic rings. The van der Waals surface area contributed by atoms with Crippen LogP contribution in [0, 0.1) is 5.92 Å². The van der Waals surface area contributed by atoms with E-state index >= 15 is 0 Å². The minimum Gasteiger partial charge on any atom is -0.348 e. The Morgan fingerprint density at radius 2 is 1.64 bits per heavy atom. The lowest BCUT2D eigenvalue weighted by Crippen LogP contribution is -2.49. The Balaban J connectivity index is 4.35. The number of alkyl halides is 4. The third kappa shape index (κ3) is 3.16. The van der Waals surface area contributed by atoms with Crippen LogP contribution in [0.2, 0.25) is 0 Å². The molecule has 0 aliphatic heterocycles. The van der Waals surface area contributed by atoms with E-state index in [1.54, 1.807) is 13.8 Å². The van der Waals surface area contributed by atoms with Crippen molar-refractivity contribution in [1.29, 1.82) is 0 Å². The van der Waals surface area contributed by atoms with Crippen molar-refractivity contribution in [3.05, 3.63) is 0 Å². The van der Waals surface area contributed by atoms with Gasteiger partial charge in [-0.25, -0.2) is 8.78 Å². The van der Waals surface area contributed by atoms with Gasteiger partial charge in [-0.3, -0.25) is 4.79 Å². The Labute approximate surface area is 79.7 Å². The average molecular weight is 215 g/mol. The van der Waals surface area contributed by atoms with E-state index in [1.807, 2.05) is 5.32 Å². The third-order valence-corrected chi connectivity index (χ3v) is 1.94. The van der Waals surface area contributed by atoms with E-state index in [2.05, 4.69) is 0 Å². The summed E-state index contributed by atoms with van der Waals surface area (Å²) in [4.78, 5) is 10.7. The van der Waals surface area contributed by atoms with E-state index < -0.39 is 24.3 Å². The Bertz CT molecular complexity index is 206. The van der Waals surface area contributed by atoms with Gasteiger partial charge in [-0.15, -0.1) is 0 Å². The third-order valence-electron chi connectivity index (χ3n) is 1.94. The van der Waals surface area contributed by atoms with Crippen molar-refractivity contribution in [2.24, 2.45) is 5.92 Å². The van der Waals surface area contributed by atoms with Gasteiger partial charge in [-0.1, -0.05) is 13.8 Å². The van der Waals surface area contributed by atoms with E-state index in [0.29, 0.717) is 0 Å². The lowest BCUT2D eigenvalue weighted by atomic mass is 10.1. The van der Waals surface area contributed by atoms with Gasteiger partial charge in [0.15, 0.2) is 0 Å². The van der Waals surface area contributed by atoms with Crippen molar-refractivity contribution in [2.45, 2.75) is 39.2 Å². The Hall–Kier alpha value is -0.810. The van der Waals surface area contributed by atoms with Gasteiger partial charge in [-0.05, 0) is 12.8 Å². The van der Waals surface area contributed by atoms with E-state index in [0.717, 1.165) is 0 Å². The first-order chi connectivity index (χ1) is 6.19. The topological polar surface area (TPSA) is 29.1 Å². The van der Waals surface area contributed by atoms with Crippen molar-refractivity contribution in [2.75, 3.05) is 0 Å². The van der Waals surface area contributed by atoms with E-state index in [4.69, 9.17) is 0 Å². The van der Waals surface area contributed by atoms with Crippen molar-refractivity contribution < 1.29 is 22.4 Å². The maximum atomic E-state index is 12.4. The molecule has 0 aliphatic carbocycles. The van der Waals surface area contributed by atoms with Gasteiger partial charge >= 0.3 is 12.3 Å². The molecule has 0 spiro atoms. The zero-order valence-corrected chi connectivity index (χ0v) is 8.15. The van der Waals surface area contributed by atoms with Gasteiger partial charge in [0.1, 0.15) is 0 Å². The first-order valence-corrected chi connectivity index (χ1v) is 4.16. The Morgan fingerprint density at radius 3 is 1.93 bits per heavy atom. The van der Waals surface area contributed by atoms with Gasteiger partial charge in [0.25, 0.3) is 5.91 Å². The van der Waals surface area contributed by atoms with Gasteiger partial charge in [-0.2, -0.15) is 8.78 Å². The maximum Gasteiger partial charge on any atom is 0.383 e. The number of carbonyl (C=O) groups excluding carboxylic acids is 1. The summed E-state index contributed by atoms with van der Waals surface area (Å²) < 4.78 is 48.2. The predicted octanol–water partition coefficient (Wildman–Crippen LogP) is 2.05. The molecule has 0 bridgehead atoms. The van der Waals surface area contributed by atoms with Gasteiger partial charge in [0.2, 0.25) is 0 Å². The van der Waals surface area contributed by atoms with Crippen molar-refractivity contribution >= 4 is 5.91 Å². The summed E-state index contributed by atoms with van der Waals surface area (Å²) in [5.41, 5.74) is 0. The van der Waals surface area contributed by atoms with Crippen LogP contribution in [0.3, 0.4) is 0 Å². The molecule has 1 amide bonds. The number of rotatable bonds is 4. The maximum absolute atomic E-state index is 12.4. The standard InChI is InChI=1S/C8H13F4NO/c1-4(2)5(3)13-7(14)8(11,12)6(9)10/h4-6H,1-3H3,(H,13,14). The zero-order chi connectivity index (χ0) is 11.5. The number of halogens is 4. The van der Waals surface area contributed by atoms with Crippen LogP contribution < -0.4 is 5.32 Å². The van der Waals surface area contributed by atoms with Crippen molar-refractivity contribution in [1.82, 2.24) is 5.32 Å². The molecule has 1 N–H and O–H groups in total. The first-order valence-electron chi connectivity index (χ1n) is 4.16. The smallest absolute Gasteiger partial charge is 0.348 e. The number of hydrogen-bond donors (Lipinski definition) is 1. The molecule has 0 saturated carbocycles. The van der Waals surface area contributed by atoms with E-state index in [9.17, 15) is 22.4 Å². The molecule has 0 aromatic carbocycles. The molecule has 1 unspecified atom stereocenters. The molecule has 6 heteroatoms. The number of hydrogen-bond acceptors (Lipinski definition) is 1. The van der Waals surface area contributed by atoms with Crippen LogP contribution >= 0.6 is 0 Å². The van der Waals surface area contributed by atoms with Crippen LogP contribution in [-0.2, 0) is 4.79 Å². The van der Waals surface area contributed by atoms with Crippen molar-refractivity contribution in [3.63, 3.8) is 0 Å². The normalized spacial score (nSPS) is 14.6. The lowest BCUT2D eigenvalue weighted by Gasteiger charge is -2.21. The molecule has 2 nitrogen and oxygen atoms in total. The SMILES string of the molecule is CC(C)C(C)NC(=O)C(F)(F)C(F)F. The summed E-state index contributed by atoms with van der Waals surface area (Å²) in [6, 6.07) is -0.563. The molecule has 0 fully saturated rings. The van der Waals surface area contributed by atoms with Gasteiger partial charge in [0.05, 0.1) is 0 Å². The highest BCUT2D eigenvalue weighted by Gasteiger charge is 2.49. The highest BCUT2D eigenvalue weighted by Crippen LogP contribution is 2.23. The summed E-state index contributed by atoms with van der Waals surface area (Å²) in [6.45, 7) is 4.85. The second-order valence-electron chi connectivity index (χ2n) is 3.43. The van der Waals surface area contributed by atoms with Crippen molar-refractivity contribution in [3.8, 4) is 0 Å². The summed E-state index contributed by atoms with van der Waals surface area (Å²) >= 11 is 0. The summed E-state index contributed by atoms with van der Waals surface area (Å²) in [6.07, 6.45) is -3.97. The quantitative estimate of drug-likeness (QED) is 0.714. The largest absolute Gasteiger partial charge is 0.383 e. The van der Waals surface area contributed by atoms with Crippen LogP contribution in [0.4, 0.5) is 17.6 Å². The summed E-state index contributed by atoms with van der Waals surface area (Å²) in [5, 5.41) is 1.83. The molecule has 14 heavy (non-hydrogen) atoms. The Morgan fingerprint density at radius 1 is 1.21 bits per heavy atom. The zero-order valence-electron chi connectivity index (χ0n) is 8.15. The van der Waals surface area contributed by atoms with Crippen LogP contribution in [0.15, 0.2) is 0 Å². The molecule has 0 aliphatic rings. The molecular formula is C8H13F4NO. The second kappa shape index (κ2) is 4.61. The summed E-state index contributed by atoms with van der Waals surface area (Å²) in [5.74, 6) is -6.62. The molecule has 0 heterocycles. The fourth-order valence-electron chi connectivity index (χ4n) is 0.569. The Kier molecular flexibility index (Phi) is 4.35. The molecule has 0 saturated heterocycles. The van der Waals surface area contributed by atoms with E-state index in [1.165, 1.54) is 6.92 Å². The monoisotopic (exact) mass is 215 g/mol. The minimum atomic E-state index is -4.61. The van der Waals surface area contributed by atoms with Crippen LogP contribution in [0.5, 0.6) is 0 Å². The fraction of sp³-hybridized carbons (Fsp3) is 0.875.